The lowest BCUT2D eigenvalue weighted by Crippen LogP contribution is -2.46. The Bertz CT molecular complexity index is 925. The van der Waals surface area contributed by atoms with Gasteiger partial charge >= 0.3 is 5.97 Å². The van der Waals surface area contributed by atoms with Crippen molar-refractivity contribution < 1.29 is 23.1 Å². The van der Waals surface area contributed by atoms with Crippen LogP contribution in [0.15, 0.2) is 22.4 Å². The number of nitrogens with zero attached hydrogens (tertiary/aromatic N) is 1. The lowest BCUT2D eigenvalue weighted by molar-refractivity contribution is -0.142. The van der Waals surface area contributed by atoms with Crippen LogP contribution in [0.2, 0.25) is 5.02 Å². The largest absolute Gasteiger partial charge is 0.480 e. The van der Waals surface area contributed by atoms with E-state index in [1.807, 2.05) is 6.07 Å². The summed E-state index contributed by atoms with van der Waals surface area (Å²) < 4.78 is 34.4. The van der Waals surface area contributed by atoms with E-state index in [-0.39, 0.29) is 12.6 Å². The highest BCUT2D eigenvalue weighted by Gasteiger charge is 2.36. The number of benzene rings is 1. The number of hydrogen-bond acceptors (Lipinski definition) is 5. The van der Waals surface area contributed by atoms with Gasteiger partial charge in [0.15, 0.2) is 0 Å². The van der Waals surface area contributed by atoms with Gasteiger partial charge in [0.05, 0.1) is 6.61 Å². The van der Waals surface area contributed by atoms with Gasteiger partial charge in [0.2, 0.25) is 0 Å². The van der Waals surface area contributed by atoms with Gasteiger partial charge < -0.3 is 9.84 Å². The van der Waals surface area contributed by atoms with E-state index in [1.54, 1.807) is 19.1 Å². The molecule has 0 bridgehead atoms. The van der Waals surface area contributed by atoms with Crippen LogP contribution in [0.5, 0.6) is 0 Å². The topological polar surface area (TPSA) is 83.9 Å². The number of sulfonamides is 1. The van der Waals surface area contributed by atoms with Gasteiger partial charge in [-0.15, -0.1) is 11.3 Å². The average molecular weight is 418 g/mol. The summed E-state index contributed by atoms with van der Waals surface area (Å²) in [5.41, 5.74) is 0.697. The standard InChI is InChI=1S/C17H20ClNO5S2/c1-11-14-8-12(18)5-6-15(14)25-17(11)26(22,23)19-7-3-2-4-13(19)9-24-10-16(20)21/h5-6,8,13H,2-4,7,9-10H2,1H3,(H,20,21). The summed E-state index contributed by atoms with van der Waals surface area (Å²) in [4.78, 5) is 10.6. The molecule has 9 heteroatoms. The van der Waals surface area contributed by atoms with Crippen LogP contribution in [0.3, 0.4) is 0 Å². The number of carboxylic acid groups (broad SMARTS) is 1. The zero-order valence-corrected chi connectivity index (χ0v) is 16.7. The first-order valence-corrected chi connectivity index (χ1v) is 10.9. The zero-order chi connectivity index (χ0) is 18.9. The highest BCUT2D eigenvalue weighted by molar-refractivity contribution is 7.91. The molecule has 6 nitrogen and oxygen atoms in total. The normalized spacial score (nSPS) is 19.1. The van der Waals surface area contributed by atoms with Crippen molar-refractivity contribution in [2.24, 2.45) is 0 Å². The number of carbonyl (C=O) groups is 1. The van der Waals surface area contributed by atoms with Crippen LogP contribution in [0.4, 0.5) is 0 Å². The molecule has 2 heterocycles. The second kappa shape index (κ2) is 7.82. The van der Waals surface area contributed by atoms with E-state index in [9.17, 15) is 13.2 Å². The van der Waals surface area contributed by atoms with E-state index in [1.165, 1.54) is 15.6 Å². The Kier molecular flexibility index (Phi) is 5.88. The Balaban J connectivity index is 1.92. The molecule has 1 N–H and O–H groups in total. The van der Waals surface area contributed by atoms with Gasteiger partial charge in [0.25, 0.3) is 10.0 Å². The fourth-order valence-electron chi connectivity index (χ4n) is 3.26. The molecule has 3 rings (SSSR count). The summed E-state index contributed by atoms with van der Waals surface area (Å²) in [6, 6.07) is 5.02. The van der Waals surface area contributed by atoms with Crippen molar-refractivity contribution in [3.8, 4) is 0 Å². The molecule has 1 aliphatic heterocycles. The third-order valence-corrected chi connectivity index (χ3v) is 8.56. The molecular weight excluding hydrogens is 398 g/mol. The second-order valence-corrected chi connectivity index (χ2v) is 9.90. The average Bonchev–Trinajstić information content (AvgIpc) is 2.92. The number of thiophene rings is 1. The van der Waals surface area contributed by atoms with Gasteiger partial charge in [-0.25, -0.2) is 13.2 Å². The predicted octanol–water partition coefficient (Wildman–Crippen LogP) is 3.51. The monoisotopic (exact) mass is 417 g/mol. The van der Waals surface area contributed by atoms with Crippen molar-refractivity contribution in [3.05, 3.63) is 28.8 Å². The number of halogens is 1. The second-order valence-electron chi connectivity index (χ2n) is 6.33. The third-order valence-electron chi connectivity index (χ3n) is 4.51. The summed E-state index contributed by atoms with van der Waals surface area (Å²) >= 11 is 7.29. The van der Waals surface area contributed by atoms with Gasteiger partial charge in [0, 0.05) is 22.3 Å². The van der Waals surface area contributed by atoms with Crippen molar-refractivity contribution in [1.82, 2.24) is 4.31 Å². The molecule has 1 saturated heterocycles. The van der Waals surface area contributed by atoms with E-state index in [2.05, 4.69) is 0 Å². The van der Waals surface area contributed by atoms with Crippen LogP contribution in [0.25, 0.3) is 10.1 Å². The molecule has 142 valence electrons. The number of piperidine rings is 1. The summed E-state index contributed by atoms with van der Waals surface area (Å²) in [6.07, 6.45) is 2.34. The molecular formula is C17H20ClNO5S2. The Labute approximate surface area is 161 Å². The zero-order valence-electron chi connectivity index (χ0n) is 14.3. The SMILES string of the molecule is Cc1c(S(=O)(=O)N2CCCCC2COCC(=O)O)sc2ccc(Cl)cc12. The Morgan fingerprint density at radius 2 is 2.19 bits per heavy atom. The van der Waals surface area contributed by atoms with Crippen molar-refractivity contribution in [1.29, 1.82) is 0 Å². The Hall–Kier alpha value is -1.19. The summed E-state index contributed by atoms with van der Waals surface area (Å²) in [7, 11) is -3.69. The van der Waals surface area contributed by atoms with Crippen molar-refractivity contribution >= 4 is 49.0 Å². The molecule has 1 aromatic heterocycles. The molecule has 1 unspecified atom stereocenters. The van der Waals surface area contributed by atoms with Gasteiger partial charge in [-0.3, -0.25) is 0 Å². The van der Waals surface area contributed by atoms with Gasteiger partial charge in [-0.1, -0.05) is 18.0 Å². The number of hydrogen-bond donors (Lipinski definition) is 1. The minimum absolute atomic E-state index is 0.0846. The van der Waals surface area contributed by atoms with Crippen molar-refractivity contribution in [2.75, 3.05) is 19.8 Å². The molecule has 1 aliphatic rings. The van der Waals surface area contributed by atoms with Crippen molar-refractivity contribution in [3.63, 3.8) is 0 Å². The highest BCUT2D eigenvalue weighted by atomic mass is 35.5. The minimum atomic E-state index is -3.69. The quantitative estimate of drug-likeness (QED) is 0.777. The summed E-state index contributed by atoms with van der Waals surface area (Å²) in [5.74, 6) is -1.06. The molecule has 0 radical (unpaired) electrons. The molecule has 0 saturated carbocycles. The Morgan fingerprint density at radius 1 is 1.42 bits per heavy atom. The van der Waals surface area contributed by atoms with E-state index in [0.717, 1.165) is 22.9 Å². The molecule has 1 aromatic carbocycles. The van der Waals surface area contributed by atoms with Crippen LogP contribution in [-0.4, -0.2) is 49.6 Å². The van der Waals surface area contributed by atoms with Crippen LogP contribution in [0.1, 0.15) is 24.8 Å². The molecule has 1 fully saturated rings. The minimum Gasteiger partial charge on any atom is -0.480 e. The number of rotatable bonds is 6. The van der Waals surface area contributed by atoms with E-state index in [4.69, 9.17) is 21.4 Å². The number of carboxylic acids is 1. The van der Waals surface area contributed by atoms with Crippen LogP contribution in [0, 0.1) is 6.92 Å². The summed E-state index contributed by atoms with van der Waals surface area (Å²) in [5, 5.41) is 10.1. The first-order valence-electron chi connectivity index (χ1n) is 8.30. The summed E-state index contributed by atoms with van der Waals surface area (Å²) in [6.45, 7) is 1.87. The lowest BCUT2D eigenvalue weighted by Gasteiger charge is -2.34. The van der Waals surface area contributed by atoms with Crippen LogP contribution in [-0.2, 0) is 19.6 Å². The van der Waals surface area contributed by atoms with Crippen molar-refractivity contribution in [2.45, 2.75) is 36.4 Å². The van der Waals surface area contributed by atoms with Gasteiger partial charge in [-0.2, -0.15) is 4.31 Å². The molecule has 0 spiro atoms. The van der Waals surface area contributed by atoms with Crippen LogP contribution < -0.4 is 0 Å². The Morgan fingerprint density at radius 3 is 2.92 bits per heavy atom. The van der Waals surface area contributed by atoms with Gasteiger partial charge in [0.1, 0.15) is 10.8 Å². The molecule has 26 heavy (non-hydrogen) atoms. The van der Waals surface area contributed by atoms with E-state index < -0.39 is 22.6 Å². The molecule has 2 aromatic rings. The number of aliphatic carboxylic acids is 1. The lowest BCUT2D eigenvalue weighted by atomic mass is 10.1. The smallest absolute Gasteiger partial charge is 0.329 e. The number of ether oxygens (including phenoxy) is 1. The maximum Gasteiger partial charge on any atom is 0.329 e. The molecule has 0 amide bonds. The maximum absolute atomic E-state index is 13.3. The van der Waals surface area contributed by atoms with Crippen LogP contribution >= 0.6 is 22.9 Å². The fraction of sp³-hybridized carbons (Fsp3) is 0.471. The molecule has 0 aliphatic carbocycles. The highest BCUT2D eigenvalue weighted by Crippen LogP contribution is 2.38. The molecule has 1 atom stereocenters. The van der Waals surface area contributed by atoms with E-state index >= 15 is 0 Å². The number of fused-ring (bicyclic) bond motifs is 1. The van der Waals surface area contributed by atoms with E-state index in [0.29, 0.717) is 27.8 Å². The first kappa shape index (κ1) is 19.6. The fourth-order valence-corrected chi connectivity index (χ4v) is 6.97. The first-order chi connectivity index (χ1) is 12.3. The third kappa shape index (κ3) is 3.89. The number of aryl methyl sites for hydroxylation is 1. The predicted molar refractivity (Wildman–Crippen MR) is 102 cm³/mol. The van der Waals surface area contributed by atoms with Gasteiger partial charge in [-0.05, 0) is 48.9 Å². The maximum atomic E-state index is 13.3.